The van der Waals surface area contributed by atoms with Crippen LogP contribution < -0.4 is 20.1 Å². The van der Waals surface area contributed by atoms with Crippen LogP contribution in [0.2, 0.25) is 0 Å². The summed E-state index contributed by atoms with van der Waals surface area (Å²) in [6.07, 6.45) is -8.03. The van der Waals surface area contributed by atoms with Gasteiger partial charge in [0.15, 0.2) is 6.61 Å². The van der Waals surface area contributed by atoms with Crippen LogP contribution in [0.15, 0.2) is 53.4 Å². The van der Waals surface area contributed by atoms with Crippen LogP contribution in [0.5, 0.6) is 6.01 Å². The van der Waals surface area contributed by atoms with E-state index in [0.717, 1.165) is 24.5 Å². The van der Waals surface area contributed by atoms with Gasteiger partial charge in [-0.05, 0) is 49.2 Å². The van der Waals surface area contributed by atoms with Gasteiger partial charge in [0, 0.05) is 30.5 Å². The predicted molar refractivity (Wildman–Crippen MR) is 146 cm³/mol. The topological polar surface area (TPSA) is 156 Å². The highest BCUT2D eigenvalue weighted by Crippen LogP contribution is 2.31. The Hall–Kier alpha value is -3.91. The Labute approximate surface area is 248 Å². The van der Waals surface area contributed by atoms with Gasteiger partial charge in [-0.2, -0.15) is 45.6 Å². The van der Waals surface area contributed by atoms with Crippen LogP contribution in [0.3, 0.4) is 0 Å². The predicted octanol–water partition coefficient (Wildman–Crippen LogP) is 4.21. The maximum atomic E-state index is 13.2. The summed E-state index contributed by atoms with van der Waals surface area (Å²) in [4.78, 5) is 11.4. The largest absolute Gasteiger partial charge is 0.454 e. The summed E-state index contributed by atoms with van der Waals surface area (Å²) in [5, 5.41) is 5.39. The van der Waals surface area contributed by atoms with Gasteiger partial charge in [0.2, 0.25) is 31.9 Å². The number of nitrogens with zero attached hydrogens (tertiary/aromatic N) is 4. The molecule has 0 atom stereocenters. The summed E-state index contributed by atoms with van der Waals surface area (Å²) in [7, 11) is -7.65. The van der Waals surface area contributed by atoms with E-state index in [1.807, 2.05) is 0 Å². The lowest BCUT2D eigenvalue weighted by Crippen LogP contribution is -2.42. The molecule has 0 bridgehead atoms. The van der Waals surface area contributed by atoms with Gasteiger partial charge in [-0.3, -0.25) is 4.72 Å². The van der Waals surface area contributed by atoms with Crippen molar-refractivity contribution in [2.75, 3.05) is 41.3 Å². The first-order chi connectivity index (χ1) is 20.4. The summed E-state index contributed by atoms with van der Waals surface area (Å²) in [6, 6.07) is 8.06. The molecule has 44 heavy (non-hydrogen) atoms. The molecule has 1 saturated heterocycles. The fourth-order valence-electron chi connectivity index (χ4n) is 4.10. The van der Waals surface area contributed by atoms with E-state index >= 15 is 0 Å². The molecule has 240 valence electrons. The van der Waals surface area contributed by atoms with Crippen molar-refractivity contribution >= 4 is 43.3 Å². The number of sulfonamides is 2. The summed E-state index contributed by atoms with van der Waals surface area (Å²) < 4.78 is 135. The summed E-state index contributed by atoms with van der Waals surface area (Å²) in [6.45, 7) is -1.71. The lowest BCUT2D eigenvalue weighted by Gasteiger charge is -2.31. The van der Waals surface area contributed by atoms with E-state index in [4.69, 9.17) is 0 Å². The smallest absolute Gasteiger partial charge is 0.422 e. The summed E-state index contributed by atoms with van der Waals surface area (Å²) >= 11 is 0. The molecule has 12 nitrogen and oxygen atoms in total. The molecule has 0 aliphatic carbocycles. The molecule has 4 rings (SSSR count). The molecule has 1 aliphatic rings. The van der Waals surface area contributed by atoms with Crippen LogP contribution in [0.1, 0.15) is 18.4 Å². The molecule has 1 fully saturated rings. The Kier molecular flexibility index (Phi) is 9.45. The van der Waals surface area contributed by atoms with Gasteiger partial charge in [0.1, 0.15) is 0 Å². The van der Waals surface area contributed by atoms with E-state index < -0.39 is 62.6 Å². The molecule has 3 aromatic rings. The molecular weight excluding hydrogens is 644 g/mol. The van der Waals surface area contributed by atoms with Crippen molar-refractivity contribution in [3.05, 3.63) is 54.1 Å². The molecule has 1 aromatic heterocycles. The van der Waals surface area contributed by atoms with Crippen molar-refractivity contribution < 1.29 is 47.9 Å². The minimum absolute atomic E-state index is 0.0155. The first-order valence-electron chi connectivity index (χ1n) is 12.6. The monoisotopic (exact) mass is 669 g/mol. The van der Waals surface area contributed by atoms with E-state index in [-0.39, 0.29) is 48.1 Å². The Bertz CT molecular complexity index is 1700. The van der Waals surface area contributed by atoms with E-state index in [9.17, 15) is 43.2 Å². The molecule has 0 saturated carbocycles. The molecule has 2 heterocycles. The highest BCUT2D eigenvalue weighted by atomic mass is 32.2. The van der Waals surface area contributed by atoms with Gasteiger partial charge < -0.3 is 15.4 Å². The average Bonchev–Trinajstić information content (AvgIpc) is 2.91. The Morgan fingerprint density at radius 2 is 1.52 bits per heavy atom. The minimum Gasteiger partial charge on any atom is -0.454 e. The normalized spacial score (nSPS) is 15.5. The lowest BCUT2D eigenvalue weighted by molar-refractivity contribution is -0.154. The number of hydrogen-bond donors (Lipinski definition) is 3. The van der Waals surface area contributed by atoms with Crippen molar-refractivity contribution in [3.63, 3.8) is 0 Å². The van der Waals surface area contributed by atoms with Crippen LogP contribution in [0.25, 0.3) is 0 Å². The maximum absolute atomic E-state index is 13.2. The third kappa shape index (κ3) is 9.29. The van der Waals surface area contributed by atoms with Gasteiger partial charge in [-0.25, -0.2) is 16.8 Å². The van der Waals surface area contributed by atoms with Crippen molar-refractivity contribution in [2.24, 2.45) is 0 Å². The molecule has 0 unspecified atom stereocenters. The number of aromatic nitrogens is 3. The van der Waals surface area contributed by atoms with Gasteiger partial charge in [-0.1, -0.05) is 12.1 Å². The maximum Gasteiger partial charge on any atom is 0.422 e. The summed E-state index contributed by atoms with van der Waals surface area (Å²) in [5.74, 6) is -0.658. The Morgan fingerprint density at radius 1 is 0.886 bits per heavy atom. The highest BCUT2D eigenvalue weighted by Gasteiger charge is 2.32. The molecule has 0 spiro atoms. The van der Waals surface area contributed by atoms with Crippen LogP contribution in [0, 0.1) is 0 Å². The molecule has 20 heteroatoms. The molecule has 0 radical (unpaired) electrons. The second kappa shape index (κ2) is 12.6. The van der Waals surface area contributed by atoms with Crippen molar-refractivity contribution in [1.82, 2.24) is 19.3 Å². The average molecular weight is 670 g/mol. The second-order valence-electron chi connectivity index (χ2n) is 9.60. The summed E-state index contributed by atoms with van der Waals surface area (Å²) in [5.41, 5.74) is -1.02. The van der Waals surface area contributed by atoms with E-state index in [0.29, 0.717) is 0 Å². The van der Waals surface area contributed by atoms with Gasteiger partial charge in [-0.15, -0.1) is 0 Å². The molecule has 3 N–H and O–H groups in total. The number of benzene rings is 2. The molecule has 1 aliphatic heterocycles. The van der Waals surface area contributed by atoms with Gasteiger partial charge in [0.05, 0.1) is 16.7 Å². The first-order valence-corrected chi connectivity index (χ1v) is 15.9. The highest BCUT2D eigenvalue weighted by molar-refractivity contribution is 7.92. The molecular formula is C24H25F6N7O5S2. The third-order valence-electron chi connectivity index (χ3n) is 5.99. The van der Waals surface area contributed by atoms with E-state index in [1.54, 1.807) is 0 Å². The quantitative estimate of drug-likeness (QED) is 0.268. The number of halogens is 6. The van der Waals surface area contributed by atoms with Gasteiger partial charge >= 0.3 is 18.4 Å². The zero-order valence-corrected chi connectivity index (χ0v) is 24.3. The first kappa shape index (κ1) is 33.0. The SMILES string of the molecule is CS(=O)(=O)Nc1cccc(S(=O)(=O)N2CCC(Nc3nc(Nc4cccc(C(F)(F)F)c4)nc(OCC(F)(F)F)n3)CC2)c1. The Balaban J connectivity index is 1.48. The zero-order valence-electron chi connectivity index (χ0n) is 22.6. The van der Waals surface area contributed by atoms with Crippen molar-refractivity contribution in [1.29, 1.82) is 0 Å². The van der Waals surface area contributed by atoms with Gasteiger partial charge in [0.25, 0.3) is 0 Å². The van der Waals surface area contributed by atoms with E-state index in [1.165, 1.54) is 34.6 Å². The number of alkyl halides is 6. The standard InChI is InChI=1S/C24H25F6N7O5S2/c1-43(38,39)36-18-6-3-7-19(13-18)44(40,41)37-10-8-16(9-11-37)31-20-33-21(35-22(34-20)42-14-23(25,26)27)32-17-5-2-4-15(12-17)24(28,29)30/h2-7,12-13,16,36H,8-11,14H2,1H3,(H2,31,32,33,34,35). The Morgan fingerprint density at radius 3 is 2.16 bits per heavy atom. The van der Waals surface area contributed by atoms with Crippen LogP contribution >= 0.6 is 0 Å². The minimum atomic E-state index is -4.73. The number of ether oxygens (including phenoxy) is 1. The third-order valence-corrected chi connectivity index (χ3v) is 8.49. The fraction of sp³-hybridized carbons (Fsp3) is 0.375. The lowest BCUT2D eigenvalue weighted by atomic mass is 10.1. The van der Waals surface area contributed by atoms with Crippen molar-refractivity contribution in [3.8, 4) is 6.01 Å². The van der Waals surface area contributed by atoms with Crippen LogP contribution in [-0.4, -0.2) is 74.3 Å². The number of anilines is 4. The number of nitrogens with one attached hydrogen (secondary N) is 3. The van der Waals surface area contributed by atoms with Crippen molar-refractivity contribution in [2.45, 2.75) is 36.1 Å². The zero-order chi connectivity index (χ0) is 32.3. The number of piperidine rings is 1. The van der Waals surface area contributed by atoms with E-state index in [2.05, 4.69) is 35.0 Å². The van der Waals surface area contributed by atoms with Crippen LogP contribution in [-0.2, 0) is 26.2 Å². The fourth-order valence-corrected chi connectivity index (χ4v) is 6.17. The second-order valence-corrected chi connectivity index (χ2v) is 13.3. The van der Waals surface area contributed by atoms with Crippen LogP contribution in [0.4, 0.5) is 49.6 Å². The molecule has 2 aromatic carbocycles. The number of rotatable bonds is 10. The molecule has 0 amide bonds. The number of hydrogen-bond acceptors (Lipinski definition) is 10.